The molecule has 9 heteroatoms. The first-order valence-electron chi connectivity index (χ1n) is 8.72. The average Bonchev–Trinajstić information content (AvgIpc) is 3.35. The van der Waals surface area contributed by atoms with Gasteiger partial charge in [0, 0.05) is 28.5 Å². The van der Waals surface area contributed by atoms with Crippen molar-refractivity contribution in [1.82, 2.24) is 4.98 Å². The van der Waals surface area contributed by atoms with Crippen LogP contribution in [0.1, 0.15) is 17.3 Å². The summed E-state index contributed by atoms with van der Waals surface area (Å²) in [5.74, 6) is 0.739. The van der Waals surface area contributed by atoms with E-state index in [1.807, 2.05) is 31.2 Å². The van der Waals surface area contributed by atoms with Gasteiger partial charge in [0.05, 0.1) is 11.5 Å². The summed E-state index contributed by atoms with van der Waals surface area (Å²) in [6.45, 7) is 2.43. The van der Waals surface area contributed by atoms with Crippen LogP contribution in [0.15, 0.2) is 58.3 Å². The van der Waals surface area contributed by atoms with Gasteiger partial charge in [-0.15, -0.1) is 11.3 Å². The number of rotatable bonds is 6. The monoisotopic (exact) mass is 409 g/mol. The molecule has 4 aromatic rings. The van der Waals surface area contributed by atoms with Crippen molar-refractivity contribution >= 4 is 39.0 Å². The fourth-order valence-electron chi connectivity index (χ4n) is 2.81. The molecule has 0 aliphatic carbocycles. The number of carbonyl (C=O) groups is 1. The first-order valence-corrected chi connectivity index (χ1v) is 9.60. The number of ether oxygens (including phenoxy) is 1. The lowest BCUT2D eigenvalue weighted by Crippen LogP contribution is -2.11. The van der Waals surface area contributed by atoms with Gasteiger partial charge in [-0.05, 0) is 25.1 Å². The predicted octanol–water partition coefficient (Wildman–Crippen LogP) is 5.12. The summed E-state index contributed by atoms with van der Waals surface area (Å²) < 4.78 is 11.5. The number of thiazole rings is 1. The van der Waals surface area contributed by atoms with Gasteiger partial charge in [0.15, 0.2) is 22.2 Å². The summed E-state index contributed by atoms with van der Waals surface area (Å²) in [5, 5.41) is 16.6. The highest BCUT2D eigenvalue weighted by Gasteiger charge is 2.16. The summed E-state index contributed by atoms with van der Waals surface area (Å²) in [4.78, 5) is 27.1. The van der Waals surface area contributed by atoms with E-state index in [9.17, 15) is 14.9 Å². The third-order valence-corrected chi connectivity index (χ3v) is 4.86. The lowest BCUT2D eigenvalue weighted by atomic mass is 10.2. The SMILES string of the molecule is CCOc1cccc2cc(-c3csc(NC(=O)c4cccc([N+](=O)[O-])c4)n3)oc12. The van der Waals surface area contributed by atoms with Gasteiger partial charge in [0.25, 0.3) is 11.6 Å². The Hall–Kier alpha value is -3.72. The van der Waals surface area contributed by atoms with Gasteiger partial charge in [0.2, 0.25) is 0 Å². The van der Waals surface area contributed by atoms with Crippen molar-refractivity contribution in [1.29, 1.82) is 0 Å². The molecule has 0 unspecified atom stereocenters. The number of furan rings is 1. The van der Waals surface area contributed by atoms with Crippen LogP contribution in [0, 0.1) is 10.1 Å². The highest BCUT2D eigenvalue weighted by Crippen LogP contribution is 2.34. The Balaban J connectivity index is 1.56. The highest BCUT2D eigenvalue weighted by molar-refractivity contribution is 7.14. The minimum Gasteiger partial charge on any atom is -0.490 e. The molecule has 4 rings (SSSR count). The number of anilines is 1. The molecule has 0 spiro atoms. The Kier molecular flexibility index (Phi) is 4.96. The van der Waals surface area contributed by atoms with E-state index in [4.69, 9.17) is 9.15 Å². The van der Waals surface area contributed by atoms with Crippen LogP contribution >= 0.6 is 11.3 Å². The number of fused-ring (bicyclic) bond motifs is 1. The van der Waals surface area contributed by atoms with Gasteiger partial charge in [0.1, 0.15) is 5.69 Å². The average molecular weight is 409 g/mol. The van der Waals surface area contributed by atoms with Crippen molar-refractivity contribution in [3.8, 4) is 17.2 Å². The number of nitrogens with zero attached hydrogens (tertiary/aromatic N) is 2. The van der Waals surface area contributed by atoms with Crippen molar-refractivity contribution < 1.29 is 18.9 Å². The van der Waals surface area contributed by atoms with Crippen molar-refractivity contribution in [3.63, 3.8) is 0 Å². The molecule has 0 saturated heterocycles. The van der Waals surface area contributed by atoms with E-state index in [1.54, 1.807) is 5.38 Å². The number of amides is 1. The third-order valence-electron chi connectivity index (χ3n) is 4.10. The van der Waals surface area contributed by atoms with E-state index >= 15 is 0 Å². The molecule has 0 aliphatic heterocycles. The third kappa shape index (κ3) is 3.81. The zero-order chi connectivity index (χ0) is 20.4. The van der Waals surface area contributed by atoms with Crippen LogP contribution in [0.4, 0.5) is 10.8 Å². The fraction of sp³-hybridized carbons (Fsp3) is 0.100. The number of non-ortho nitro benzene ring substituents is 1. The second kappa shape index (κ2) is 7.72. The van der Waals surface area contributed by atoms with Crippen LogP contribution in [0.2, 0.25) is 0 Å². The lowest BCUT2D eigenvalue weighted by molar-refractivity contribution is -0.384. The molecule has 0 bridgehead atoms. The Labute approximate surface area is 168 Å². The largest absolute Gasteiger partial charge is 0.490 e. The Bertz CT molecular complexity index is 1210. The van der Waals surface area contributed by atoms with Crippen LogP contribution in [-0.2, 0) is 0 Å². The number of nitrogens with one attached hydrogen (secondary N) is 1. The minimum absolute atomic E-state index is 0.148. The van der Waals surface area contributed by atoms with Crippen LogP contribution < -0.4 is 10.1 Å². The molecule has 2 aromatic heterocycles. The second-order valence-corrected chi connectivity index (χ2v) is 6.88. The van der Waals surface area contributed by atoms with Crippen molar-refractivity contribution in [2.24, 2.45) is 0 Å². The van der Waals surface area contributed by atoms with E-state index in [1.165, 1.54) is 35.6 Å². The summed E-state index contributed by atoms with van der Waals surface area (Å²) >= 11 is 1.23. The Morgan fingerprint density at radius 2 is 2.10 bits per heavy atom. The van der Waals surface area contributed by atoms with Gasteiger partial charge in [-0.2, -0.15) is 0 Å². The van der Waals surface area contributed by atoms with Gasteiger partial charge in [-0.1, -0.05) is 18.2 Å². The van der Waals surface area contributed by atoms with Gasteiger partial charge in [-0.3, -0.25) is 20.2 Å². The molecule has 0 atom stereocenters. The molecule has 2 aromatic carbocycles. The summed E-state index contributed by atoms with van der Waals surface area (Å²) in [5.41, 5.74) is 1.24. The normalized spacial score (nSPS) is 10.8. The van der Waals surface area contributed by atoms with Gasteiger partial charge in [-0.25, -0.2) is 4.98 Å². The highest BCUT2D eigenvalue weighted by atomic mass is 32.1. The zero-order valence-electron chi connectivity index (χ0n) is 15.2. The van der Waals surface area contributed by atoms with Crippen LogP contribution in [0.5, 0.6) is 5.75 Å². The summed E-state index contributed by atoms with van der Waals surface area (Å²) in [6, 6.07) is 13.0. The van der Waals surface area contributed by atoms with E-state index < -0.39 is 10.8 Å². The second-order valence-electron chi connectivity index (χ2n) is 6.02. The first kappa shape index (κ1) is 18.6. The molecule has 2 heterocycles. The number of para-hydroxylation sites is 1. The van der Waals surface area contributed by atoms with Crippen molar-refractivity contribution in [3.05, 3.63) is 69.6 Å². The standard InChI is InChI=1S/C20H15N3O5S/c1-2-27-16-8-4-5-12-10-17(28-18(12)16)15-11-29-20(21-15)22-19(24)13-6-3-7-14(9-13)23(25)26/h3-11H,2H2,1H3,(H,21,22,24). The molecule has 0 radical (unpaired) electrons. The number of carbonyl (C=O) groups excluding carboxylic acids is 1. The maximum Gasteiger partial charge on any atom is 0.270 e. The van der Waals surface area contributed by atoms with Gasteiger partial charge >= 0.3 is 0 Å². The maximum atomic E-state index is 12.4. The van der Waals surface area contributed by atoms with Gasteiger partial charge < -0.3 is 9.15 Å². The molecule has 29 heavy (non-hydrogen) atoms. The van der Waals surface area contributed by atoms with Crippen molar-refractivity contribution in [2.45, 2.75) is 6.92 Å². The number of benzene rings is 2. The zero-order valence-corrected chi connectivity index (χ0v) is 16.1. The first-order chi connectivity index (χ1) is 14.0. The van der Waals surface area contributed by atoms with E-state index in [0.29, 0.717) is 34.5 Å². The van der Waals surface area contributed by atoms with E-state index in [2.05, 4.69) is 10.3 Å². The smallest absolute Gasteiger partial charge is 0.270 e. The quantitative estimate of drug-likeness (QED) is 0.350. The predicted molar refractivity (Wildman–Crippen MR) is 110 cm³/mol. The number of nitro benzene ring substituents is 1. The molecule has 1 amide bonds. The minimum atomic E-state index is -0.545. The summed E-state index contributed by atoms with van der Waals surface area (Å²) in [7, 11) is 0. The number of hydrogen-bond acceptors (Lipinski definition) is 7. The maximum absolute atomic E-state index is 12.4. The number of hydrogen-bond donors (Lipinski definition) is 1. The van der Waals surface area contributed by atoms with Crippen molar-refractivity contribution in [2.75, 3.05) is 11.9 Å². The van der Waals surface area contributed by atoms with Crippen LogP contribution in [0.3, 0.4) is 0 Å². The van der Waals surface area contributed by atoms with E-state index in [0.717, 1.165) is 5.39 Å². The molecule has 0 saturated carbocycles. The Morgan fingerprint density at radius 1 is 1.28 bits per heavy atom. The molecule has 0 aliphatic rings. The molecule has 0 fully saturated rings. The van der Waals surface area contributed by atoms with E-state index in [-0.39, 0.29) is 11.3 Å². The van der Waals surface area contributed by atoms with Crippen LogP contribution in [-0.4, -0.2) is 22.4 Å². The molecule has 1 N–H and O–H groups in total. The molecular weight excluding hydrogens is 394 g/mol. The lowest BCUT2D eigenvalue weighted by Gasteiger charge is -2.02. The fourth-order valence-corrected chi connectivity index (χ4v) is 3.50. The Morgan fingerprint density at radius 3 is 2.90 bits per heavy atom. The topological polar surface area (TPSA) is 108 Å². The number of aromatic nitrogens is 1. The molecule has 8 nitrogen and oxygen atoms in total. The number of nitro groups is 1. The molecular formula is C20H15N3O5S. The summed E-state index contributed by atoms with van der Waals surface area (Å²) in [6.07, 6.45) is 0. The molecule has 146 valence electrons. The van der Waals surface area contributed by atoms with Crippen LogP contribution in [0.25, 0.3) is 22.4 Å².